The normalized spacial score (nSPS) is 12.1. The first-order chi connectivity index (χ1) is 29.0. The van der Waals surface area contributed by atoms with E-state index in [1.165, 1.54) is 180 Å². The molecule has 6 nitrogen and oxygen atoms in total. The van der Waals surface area contributed by atoms with E-state index < -0.39 is 6.10 Å². The average Bonchev–Trinajstić information content (AvgIpc) is 3.23. The van der Waals surface area contributed by atoms with Gasteiger partial charge in [0.15, 0.2) is 6.10 Å². The third-order valence-electron chi connectivity index (χ3n) is 11.5. The summed E-state index contributed by atoms with van der Waals surface area (Å²) in [6.45, 7) is 6.61. The molecule has 0 aliphatic heterocycles. The van der Waals surface area contributed by atoms with Crippen molar-refractivity contribution in [3.05, 3.63) is 24.3 Å². The number of unbranched alkanes of at least 4 members (excludes halogenated alkanes) is 33. The van der Waals surface area contributed by atoms with Crippen LogP contribution in [0.5, 0.6) is 0 Å². The summed E-state index contributed by atoms with van der Waals surface area (Å²) in [5.74, 6) is -0.861. The van der Waals surface area contributed by atoms with Crippen LogP contribution in [0.1, 0.15) is 278 Å². The van der Waals surface area contributed by atoms with Crippen molar-refractivity contribution in [3.8, 4) is 0 Å². The lowest BCUT2D eigenvalue weighted by atomic mass is 10.0. The van der Waals surface area contributed by atoms with Crippen molar-refractivity contribution in [3.63, 3.8) is 0 Å². The van der Waals surface area contributed by atoms with Gasteiger partial charge in [0, 0.05) is 19.3 Å². The van der Waals surface area contributed by atoms with Crippen LogP contribution in [0.15, 0.2) is 24.3 Å². The van der Waals surface area contributed by atoms with E-state index in [0.717, 1.165) is 57.8 Å². The summed E-state index contributed by atoms with van der Waals surface area (Å²) in [5.41, 5.74) is 0. The molecule has 0 bridgehead atoms. The van der Waals surface area contributed by atoms with Crippen LogP contribution in [-0.4, -0.2) is 37.2 Å². The Morgan fingerprint density at radius 1 is 0.339 bits per heavy atom. The Bertz CT molecular complexity index is 958. The van der Waals surface area contributed by atoms with Gasteiger partial charge in [0.25, 0.3) is 0 Å². The van der Waals surface area contributed by atoms with E-state index in [4.69, 9.17) is 14.2 Å². The summed E-state index contributed by atoms with van der Waals surface area (Å²) in [4.78, 5) is 37.8. The van der Waals surface area contributed by atoms with Gasteiger partial charge in [-0.15, -0.1) is 0 Å². The van der Waals surface area contributed by atoms with Crippen LogP contribution in [0.2, 0.25) is 0 Å². The summed E-state index contributed by atoms with van der Waals surface area (Å²) < 4.78 is 16.8. The van der Waals surface area contributed by atoms with Crippen LogP contribution in [0.3, 0.4) is 0 Å². The lowest BCUT2D eigenvalue weighted by Crippen LogP contribution is -2.30. The summed E-state index contributed by atoms with van der Waals surface area (Å²) in [6.07, 6.45) is 54.5. The molecule has 0 heterocycles. The number of hydrogen-bond acceptors (Lipinski definition) is 6. The Hall–Kier alpha value is -2.11. The maximum absolute atomic E-state index is 12.8. The summed E-state index contributed by atoms with van der Waals surface area (Å²) >= 11 is 0. The number of rotatable bonds is 47. The molecule has 0 rings (SSSR count). The Balaban J connectivity index is 4.26. The molecule has 0 aliphatic rings. The minimum absolute atomic E-state index is 0.0677. The third kappa shape index (κ3) is 46.8. The first-order valence-electron chi connectivity index (χ1n) is 25.9. The van der Waals surface area contributed by atoms with Crippen molar-refractivity contribution in [1.82, 2.24) is 0 Å². The number of hydrogen-bond donors (Lipinski definition) is 0. The fourth-order valence-corrected chi connectivity index (χ4v) is 7.55. The smallest absolute Gasteiger partial charge is 0.306 e. The van der Waals surface area contributed by atoms with E-state index in [-0.39, 0.29) is 31.1 Å². The SMILES string of the molecule is CCCCC/C=C\C=C/CCCCCCCCCCCCC(=O)OCC(COC(=O)CCCCCCCCCCC)OC(=O)CCCCCCCCCCCCCCC. The fraction of sp³-hybridized carbons (Fsp3) is 0.868. The first kappa shape index (κ1) is 56.9. The van der Waals surface area contributed by atoms with E-state index in [1.807, 2.05) is 0 Å². The topological polar surface area (TPSA) is 78.9 Å². The molecule has 0 saturated carbocycles. The van der Waals surface area contributed by atoms with Crippen LogP contribution in [0, 0.1) is 0 Å². The monoisotopic (exact) mass is 831 g/mol. The van der Waals surface area contributed by atoms with Gasteiger partial charge in [-0.25, -0.2) is 0 Å². The van der Waals surface area contributed by atoms with Crippen LogP contribution in [0.4, 0.5) is 0 Å². The standard InChI is InChI=1S/C53H98O6/c1-4-7-10-13-16-19-21-23-24-25-26-27-28-30-31-34-37-40-43-46-52(55)58-49-50(48-57-51(54)45-42-39-36-33-18-15-12-9-6-3)59-53(56)47-44-41-38-35-32-29-22-20-17-14-11-8-5-2/h16,19,21,23,50H,4-15,17-18,20,22,24-49H2,1-3H3/b19-16-,23-21-. The van der Waals surface area contributed by atoms with Gasteiger partial charge in [0.1, 0.15) is 13.2 Å². The van der Waals surface area contributed by atoms with Gasteiger partial charge >= 0.3 is 17.9 Å². The van der Waals surface area contributed by atoms with Gasteiger partial charge in [-0.3, -0.25) is 14.4 Å². The largest absolute Gasteiger partial charge is 0.462 e. The van der Waals surface area contributed by atoms with Gasteiger partial charge < -0.3 is 14.2 Å². The fourth-order valence-electron chi connectivity index (χ4n) is 7.55. The zero-order valence-electron chi connectivity index (χ0n) is 39.5. The van der Waals surface area contributed by atoms with E-state index in [0.29, 0.717) is 19.3 Å². The number of ether oxygens (including phenoxy) is 3. The van der Waals surface area contributed by atoms with E-state index in [2.05, 4.69) is 45.1 Å². The molecule has 0 saturated heterocycles. The zero-order valence-corrected chi connectivity index (χ0v) is 39.5. The summed E-state index contributed by atoms with van der Waals surface area (Å²) in [5, 5.41) is 0. The number of esters is 3. The van der Waals surface area contributed by atoms with Gasteiger partial charge in [-0.05, 0) is 44.9 Å². The lowest BCUT2D eigenvalue weighted by molar-refractivity contribution is -0.167. The highest BCUT2D eigenvalue weighted by atomic mass is 16.6. The van der Waals surface area contributed by atoms with Crippen LogP contribution in [0.25, 0.3) is 0 Å². The van der Waals surface area contributed by atoms with Gasteiger partial charge in [-0.1, -0.05) is 238 Å². The predicted octanol–water partition coefficient (Wildman–Crippen LogP) is 16.8. The maximum atomic E-state index is 12.8. The average molecular weight is 831 g/mol. The molecule has 346 valence electrons. The highest BCUT2D eigenvalue weighted by Gasteiger charge is 2.19. The van der Waals surface area contributed by atoms with E-state index in [9.17, 15) is 14.4 Å². The molecule has 0 aromatic heterocycles. The molecule has 1 unspecified atom stereocenters. The van der Waals surface area contributed by atoms with Gasteiger partial charge in [0.05, 0.1) is 0 Å². The second-order valence-electron chi connectivity index (χ2n) is 17.5. The van der Waals surface area contributed by atoms with E-state index in [1.54, 1.807) is 0 Å². The second-order valence-corrected chi connectivity index (χ2v) is 17.5. The van der Waals surface area contributed by atoms with Crippen LogP contribution in [-0.2, 0) is 28.6 Å². The highest BCUT2D eigenvalue weighted by Crippen LogP contribution is 2.16. The molecule has 0 aromatic carbocycles. The molecule has 6 heteroatoms. The Labute approximate surface area is 366 Å². The summed E-state index contributed by atoms with van der Waals surface area (Å²) in [6, 6.07) is 0. The highest BCUT2D eigenvalue weighted by molar-refractivity contribution is 5.71. The van der Waals surface area contributed by atoms with Crippen molar-refractivity contribution in [2.24, 2.45) is 0 Å². The van der Waals surface area contributed by atoms with Gasteiger partial charge in [-0.2, -0.15) is 0 Å². The van der Waals surface area contributed by atoms with Crippen molar-refractivity contribution >= 4 is 17.9 Å². The molecule has 0 radical (unpaired) electrons. The van der Waals surface area contributed by atoms with Crippen molar-refractivity contribution in [2.45, 2.75) is 284 Å². The molecule has 0 aromatic rings. The minimum atomic E-state index is -0.765. The molecule has 0 aliphatic carbocycles. The molecule has 0 fully saturated rings. The van der Waals surface area contributed by atoms with Gasteiger partial charge in [0.2, 0.25) is 0 Å². The molecule has 0 spiro atoms. The predicted molar refractivity (Wildman–Crippen MR) is 252 cm³/mol. The van der Waals surface area contributed by atoms with Crippen LogP contribution >= 0.6 is 0 Å². The molecule has 59 heavy (non-hydrogen) atoms. The van der Waals surface area contributed by atoms with E-state index >= 15 is 0 Å². The second kappa shape index (κ2) is 48.6. The lowest BCUT2D eigenvalue weighted by Gasteiger charge is -2.18. The van der Waals surface area contributed by atoms with Crippen molar-refractivity contribution in [1.29, 1.82) is 0 Å². The molecule has 0 amide bonds. The molecular weight excluding hydrogens is 733 g/mol. The molecular formula is C53H98O6. The Morgan fingerprint density at radius 2 is 0.593 bits per heavy atom. The number of carbonyl (C=O) groups excluding carboxylic acids is 3. The number of carbonyl (C=O) groups is 3. The molecule has 1 atom stereocenters. The van der Waals surface area contributed by atoms with Crippen molar-refractivity contribution in [2.75, 3.05) is 13.2 Å². The Kier molecular flexibility index (Phi) is 46.8. The zero-order chi connectivity index (χ0) is 43.0. The number of allylic oxidation sites excluding steroid dienone is 4. The Morgan fingerprint density at radius 3 is 0.932 bits per heavy atom. The van der Waals surface area contributed by atoms with Crippen LogP contribution < -0.4 is 0 Å². The van der Waals surface area contributed by atoms with Crippen molar-refractivity contribution < 1.29 is 28.6 Å². The maximum Gasteiger partial charge on any atom is 0.306 e. The molecule has 0 N–H and O–H groups in total. The minimum Gasteiger partial charge on any atom is -0.462 e. The summed E-state index contributed by atoms with van der Waals surface area (Å²) in [7, 11) is 0. The first-order valence-corrected chi connectivity index (χ1v) is 25.9. The quantitative estimate of drug-likeness (QED) is 0.0263. The third-order valence-corrected chi connectivity index (χ3v) is 11.5.